The number of hydrogen-bond donors (Lipinski definition) is 0. The Morgan fingerprint density at radius 3 is 1.78 bits per heavy atom. The SMILES string of the molecule is COB(C)C(C)C(C)C. The smallest absolute Gasteiger partial charge is 0.292 e. The van der Waals surface area contributed by atoms with Crippen LogP contribution in [0.15, 0.2) is 0 Å². The third-order valence-electron chi connectivity index (χ3n) is 2.16. The summed E-state index contributed by atoms with van der Waals surface area (Å²) in [7, 11) is 1.77. The van der Waals surface area contributed by atoms with Gasteiger partial charge in [0.05, 0.1) is 0 Å². The molecule has 1 atom stereocenters. The van der Waals surface area contributed by atoms with E-state index in [9.17, 15) is 0 Å². The third kappa shape index (κ3) is 2.90. The molecule has 0 N–H and O–H groups in total. The molecule has 9 heavy (non-hydrogen) atoms. The molecule has 1 unspecified atom stereocenters. The molecule has 0 fully saturated rings. The Hall–Kier alpha value is 0.0249. The molecule has 0 amide bonds. The van der Waals surface area contributed by atoms with Crippen molar-refractivity contribution in [2.45, 2.75) is 33.4 Å². The maximum absolute atomic E-state index is 5.17. The maximum atomic E-state index is 5.17. The van der Waals surface area contributed by atoms with Crippen molar-refractivity contribution in [1.29, 1.82) is 0 Å². The molecule has 0 aliphatic carbocycles. The first-order valence-electron chi connectivity index (χ1n) is 3.62. The van der Waals surface area contributed by atoms with Gasteiger partial charge in [0.2, 0.25) is 0 Å². The van der Waals surface area contributed by atoms with Gasteiger partial charge in [-0.3, -0.25) is 0 Å². The summed E-state index contributed by atoms with van der Waals surface area (Å²) in [5.41, 5.74) is 0. The minimum Gasteiger partial charge on any atom is -0.438 e. The fourth-order valence-corrected chi connectivity index (χ4v) is 0.757. The molecule has 54 valence electrons. The zero-order chi connectivity index (χ0) is 7.44. The van der Waals surface area contributed by atoms with Gasteiger partial charge in [0.15, 0.2) is 0 Å². The standard InChI is InChI=1S/C7H17BO/c1-6(2)7(3)8(4)9-5/h6-7H,1-5H3. The fourth-order valence-electron chi connectivity index (χ4n) is 0.757. The van der Waals surface area contributed by atoms with E-state index in [0.717, 1.165) is 5.92 Å². The van der Waals surface area contributed by atoms with Crippen LogP contribution in [0, 0.1) is 5.92 Å². The lowest BCUT2D eigenvalue weighted by Crippen LogP contribution is -2.20. The highest BCUT2D eigenvalue weighted by Crippen LogP contribution is 2.19. The van der Waals surface area contributed by atoms with Crippen molar-refractivity contribution >= 4 is 6.92 Å². The Morgan fingerprint density at radius 1 is 1.22 bits per heavy atom. The second kappa shape index (κ2) is 3.94. The van der Waals surface area contributed by atoms with Crippen LogP contribution in [0.5, 0.6) is 0 Å². The first-order chi connectivity index (χ1) is 4.09. The Balaban J connectivity index is 3.58. The van der Waals surface area contributed by atoms with E-state index in [0.29, 0.717) is 12.7 Å². The van der Waals surface area contributed by atoms with E-state index in [1.807, 2.05) is 0 Å². The van der Waals surface area contributed by atoms with Crippen LogP contribution in [0.4, 0.5) is 0 Å². The summed E-state index contributed by atoms with van der Waals surface area (Å²) in [5, 5.41) is 0. The fraction of sp³-hybridized carbons (Fsp3) is 1.00. The van der Waals surface area contributed by atoms with Gasteiger partial charge >= 0.3 is 0 Å². The second-order valence-corrected chi connectivity index (χ2v) is 3.04. The Kier molecular flexibility index (Phi) is 3.95. The van der Waals surface area contributed by atoms with Crippen LogP contribution in [-0.2, 0) is 4.65 Å². The Labute approximate surface area is 58.9 Å². The summed E-state index contributed by atoms with van der Waals surface area (Å²) in [6, 6.07) is 0. The highest BCUT2D eigenvalue weighted by molar-refractivity contribution is 6.51. The number of hydrogen-bond acceptors (Lipinski definition) is 1. The van der Waals surface area contributed by atoms with Crippen molar-refractivity contribution in [1.82, 2.24) is 0 Å². The van der Waals surface area contributed by atoms with E-state index in [4.69, 9.17) is 4.65 Å². The molecule has 0 radical (unpaired) electrons. The van der Waals surface area contributed by atoms with E-state index in [1.54, 1.807) is 7.11 Å². The molecule has 0 aromatic rings. The third-order valence-corrected chi connectivity index (χ3v) is 2.16. The molecular formula is C7H17BO. The molecule has 1 nitrogen and oxygen atoms in total. The van der Waals surface area contributed by atoms with E-state index >= 15 is 0 Å². The first kappa shape index (κ1) is 9.02. The molecule has 0 spiro atoms. The summed E-state index contributed by atoms with van der Waals surface area (Å²) < 4.78 is 5.17. The Bertz CT molecular complexity index is 73.3. The normalized spacial score (nSPS) is 14.0. The largest absolute Gasteiger partial charge is 0.438 e. The topological polar surface area (TPSA) is 9.23 Å². The number of rotatable bonds is 3. The quantitative estimate of drug-likeness (QED) is 0.530. The lowest BCUT2D eigenvalue weighted by molar-refractivity contribution is 0.398. The van der Waals surface area contributed by atoms with E-state index in [2.05, 4.69) is 27.6 Å². The van der Waals surface area contributed by atoms with Gasteiger partial charge < -0.3 is 4.65 Å². The minimum absolute atomic E-state index is 0.394. The van der Waals surface area contributed by atoms with Crippen molar-refractivity contribution in [3.8, 4) is 0 Å². The summed E-state index contributed by atoms with van der Waals surface area (Å²) in [6.07, 6.45) is 0. The molecule has 0 heterocycles. The first-order valence-corrected chi connectivity index (χ1v) is 3.62. The summed E-state index contributed by atoms with van der Waals surface area (Å²) in [5.74, 6) is 1.38. The lowest BCUT2D eigenvalue weighted by atomic mass is 9.55. The van der Waals surface area contributed by atoms with Crippen molar-refractivity contribution < 1.29 is 4.65 Å². The van der Waals surface area contributed by atoms with Gasteiger partial charge in [-0.15, -0.1) is 0 Å². The average Bonchev–Trinajstić information content (AvgIpc) is 1.84. The van der Waals surface area contributed by atoms with Crippen LogP contribution < -0.4 is 0 Å². The van der Waals surface area contributed by atoms with Gasteiger partial charge in [-0.25, -0.2) is 0 Å². The average molecular weight is 128 g/mol. The predicted molar refractivity (Wildman–Crippen MR) is 42.9 cm³/mol. The van der Waals surface area contributed by atoms with Crippen LogP contribution in [-0.4, -0.2) is 14.0 Å². The molecule has 0 aliphatic rings. The molecule has 0 saturated heterocycles. The highest BCUT2D eigenvalue weighted by Gasteiger charge is 2.18. The minimum atomic E-state index is 0.394. The summed E-state index contributed by atoms with van der Waals surface area (Å²) >= 11 is 0. The van der Waals surface area contributed by atoms with Crippen LogP contribution >= 0.6 is 0 Å². The predicted octanol–water partition coefficient (Wildman–Crippen LogP) is 2.30. The molecular weight excluding hydrogens is 111 g/mol. The molecule has 0 rings (SSSR count). The second-order valence-electron chi connectivity index (χ2n) is 3.04. The Morgan fingerprint density at radius 2 is 1.67 bits per heavy atom. The van der Waals surface area contributed by atoms with E-state index < -0.39 is 0 Å². The van der Waals surface area contributed by atoms with Crippen LogP contribution in [0.1, 0.15) is 20.8 Å². The van der Waals surface area contributed by atoms with Gasteiger partial charge in [0.1, 0.15) is 0 Å². The van der Waals surface area contributed by atoms with Crippen molar-refractivity contribution in [3.63, 3.8) is 0 Å². The zero-order valence-electron chi connectivity index (χ0n) is 7.14. The molecule has 2 heteroatoms. The molecule has 0 aliphatic heterocycles. The van der Waals surface area contributed by atoms with E-state index in [-0.39, 0.29) is 0 Å². The van der Waals surface area contributed by atoms with Gasteiger partial charge in [0.25, 0.3) is 6.92 Å². The van der Waals surface area contributed by atoms with Gasteiger partial charge in [-0.05, 0) is 11.7 Å². The van der Waals surface area contributed by atoms with Crippen molar-refractivity contribution in [2.75, 3.05) is 7.11 Å². The van der Waals surface area contributed by atoms with Crippen LogP contribution in [0.2, 0.25) is 12.6 Å². The highest BCUT2D eigenvalue weighted by atomic mass is 16.4. The van der Waals surface area contributed by atoms with Crippen molar-refractivity contribution in [2.24, 2.45) is 5.92 Å². The van der Waals surface area contributed by atoms with Crippen LogP contribution in [0.3, 0.4) is 0 Å². The van der Waals surface area contributed by atoms with Gasteiger partial charge in [0, 0.05) is 7.11 Å². The van der Waals surface area contributed by atoms with E-state index in [1.165, 1.54) is 0 Å². The lowest BCUT2D eigenvalue weighted by Gasteiger charge is -2.18. The molecule has 0 bridgehead atoms. The van der Waals surface area contributed by atoms with Crippen molar-refractivity contribution in [3.05, 3.63) is 0 Å². The summed E-state index contributed by atoms with van der Waals surface area (Å²) in [4.78, 5) is 0. The molecule has 0 saturated carbocycles. The monoisotopic (exact) mass is 128 g/mol. The zero-order valence-corrected chi connectivity index (χ0v) is 7.14. The van der Waals surface area contributed by atoms with Gasteiger partial charge in [-0.2, -0.15) is 0 Å². The summed E-state index contributed by atoms with van der Waals surface area (Å²) in [6.45, 7) is 9.18. The maximum Gasteiger partial charge on any atom is 0.292 e. The molecule has 0 aromatic carbocycles. The molecule has 0 aromatic heterocycles. The van der Waals surface area contributed by atoms with Crippen LogP contribution in [0.25, 0.3) is 0 Å². The van der Waals surface area contributed by atoms with Gasteiger partial charge in [-0.1, -0.05) is 27.6 Å².